The fourth-order valence-electron chi connectivity index (χ4n) is 3.58. The van der Waals surface area contributed by atoms with Crippen LogP contribution in [0.25, 0.3) is 22.3 Å². The second-order valence-electron chi connectivity index (χ2n) is 8.43. The summed E-state index contributed by atoms with van der Waals surface area (Å²) in [6.07, 6.45) is 0. The van der Waals surface area contributed by atoms with Crippen LogP contribution in [0.5, 0.6) is 0 Å². The molecular formula is C33H31Cl2CoN3O2. The van der Waals surface area contributed by atoms with Gasteiger partial charge in [0.1, 0.15) is 11.4 Å². The first-order valence-corrected chi connectivity index (χ1v) is 12.2. The van der Waals surface area contributed by atoms with E-state index < -0.39 is 0 Å². The molecule has 0 unspecified atom stereocenters. The van der Waals surface area contributed by atoms with Crippen LogP contribution in [0.2, 0.25) is 0 Å². The van der Waals surface area contributed by atoms with Gasteiger partial charge in [0.05, 0.1) is 0 Å². The Balaban J connectivity index is 0.000000566. The number of nitrogens with two attached hydrogens (primary N) is 2. The van der Waals surface area contributed by atoms with E-state index in [-0.39, 0.29) is 53.2 Å². The predicted molar refractivity (Wildman–Crippen MR) is 157 cm³/mol. The molecule has 0 saturated heterocycles. The van der Waals surface area contributed by atoms with Gasteiger partial charge in [-0.05, 0) is 35.4 Å². The van der Waals surface area contributed by atoms with Crippen molar-refractivity contribution in [3.05, 3.63) is 139 Å². The first-order valence-electron chi connectivity index (χ1n) is 12.2. The summed E-state index contributed by atoms with van der Waals surface area (Å²) < 4.78 is 0. The van der Waals surface area contributed by atoms with Gasteiger partial charge >= 0.3 is 16.8 Å². The molecule has 0 atom stereocenters. The molecule has 1 aromatic heterocycles. The van der Waals surface area contributed by atoms with Gasteiger partial charge in [-0.1, -0.05) is 103 Å². The van der Waals surface area contributed by atoms with E-state index in [0.717, 1.165) is 22.5 Å². The molecule has 5 aromatic rings. The van der Waals surface area contributed by atoms with Gasteiger partial charge in [0.15, 0.2) is 11.6 Å². The molecule has 4 aromatic carbocycles. The van der Waals surface area contributed by atoms with E-state index >= 15 is 0 Å². The Kier molecular flexibility index (Phi) is 17.3. The number of carbonyl (C=O) groups excluding carboxylic acids is 2. The van der Waals surface area contributed by atoms with Gasteiger partial charge in [0, 0.05) is 36.3 Å². The molecule has 0 fully saturated rings. The van der Waals surface area contributed by atoms with Crippen LogP contribution < -0.4 is 36.3 Å². The Morgan fingerprint density at radius 2 is 0.805 bits per heavy atom. The number of ketones is 2. The number of carbonyl (C=O) groups is 2. The number of aromatic nitrogens is 1. The molecule has 5 rings (SSSR count). The third kappa shape index (κ3) is 11.6. The largest absolute Gasteiger partial charge is 2.00 e. The number of para-hydroxylation sites is 2. The molecule has 0 amide bonds. The Morgan fingerprint density at radius 1 is 0.488 bits per heavy atom. The summed E-state index contributed by atoms with van der Waals surface area (Å²) in [6.45, 7) is 2.85. The maximum absolute atomic E-state index is 10.8. The Hall–Kier alpha value is -3.94. The third-order valence-electron chi connectivity index (χ3n) is 5.56. The number of Topliss-reactive ketones (excluding diaryl/α,β-unsaturated/α-hetero) is 2. The van der Waals surface area contributed by atoms with Crippen LogP contribution in [0.1, 0.15) is 34.8 Å². The molecule has 41 heavy (non-hydrogen) atoms. The number of anilines is 2. The van der Waals surface area contributed by atoms with Gasteiger partial charge in [0.2, 0.25) is 0 Å². The van der Waals surface area contributed by atoms with E-state index in [1.165, 1.54) is 25.0 Å². The normalized spacial score (nSPS) is 9.02. The van der Waals surface area contributed by atoms with E-state index in [4.69, 9.17) is 11.5 Å². The second-order valence-corrected chi connectivity index (χ2v) is 8.43. The van der Waals surface area contributed by atoms with Crippen LogP contribution in [-0.2, 0) is 16.8 Å². The van der Waals surface area contributed by atoms with Gasteiger partial charge in [-0.3, -0.25) is 9.59 Å². The van der Waals surface area contributed by atoms with Crippen LogP contribution in [0.3, 0.4) is 0 Å². The molecule has 0 aliphatic heterocycles. The zero-order valence-corrected chi connectivity index (χ0v) is 25.2. The van der Waals surface area contributed by atoms with Crippen LogP contribution in [0, 0.1) is 0 Å². The summed E-state index contributed by atoms with van der Waals surface area (Å²) in [7, 11) is 0. The summed E-state index contributed by atoms with van der Waals surface area (Å²) in [6, 6.07) is 40.9. The maximum atomic E-state index is 10.8. The number of hydrogen-bond acceptors (Lipinski definition) is 5. The molecule has 0 bridgehead atoms. The van der Waals surface area contributed by atoms with Gasteiger partial charge in [-0.15, -0.1) is 0 Å². The fourth-order valence-corrected chi connectivity index (χ4v) is 3.58. The summed E-state index contributed by atoms with van der Waals surface area (Å²) in [5, 5.41) is 0. The topological polar surface area (TPSA) is 99.1 Å². The van der Waals surface area contributed by atoms with Crippen molar-refractivity contribution in [2.24, 2.45) is 0 Å². The number of benzene rings is 4. The smallest absolute Gasteiger partial charge is 1.00 e. The van der Waals surface area contributed by atoms with Crippen LogP contribution >= 0.6 is 0 Å². The predicted octanol–water partition coefficient (Wildman–Crippen LogP) is 1.36. The Morgan fingerprint density at radius 3 is 1.12 bits per heavy atom. The summed E-state index contributed by atoms with van der Waals surface area (Å²) >= 11 is 0. The SMILES string of the molecule is CC(=O)c1cccc(C(C)=O)n1.Nc1ccccc1-c1ccccc1.Nc1ccccc1-c1ccccc1.[Cl-].[Cl-].[Co+2]. The molecule has 213 valence electrons. The average Bonchev–Trinajstić information content (AvgIpc) is 2.95. The van der Waals surface area contributed by atoms with Crippen molar-refractivity contribution >= 4 is 22.9 Å². The summed E-state index contributed by atoms with van der Waals surface area (Å²) in [5.74, 6) is -0.254. The van der Waals surface area contributed by atoms with Gasteiger partial charge in [-0.25, -0.2) is 4.98 Å². The van der Waals surface area contributed by atoms with Crippen LogP contribution in [0.15, 0.2) is 127 Å². The standard InChI is InChI=1S/2C12H11N.C9H9NO2.2ClH.Co/c2*13-12-9-5-4-8-11(12)10-6-2-1-3-7-10;1-6(11)8-4-3-5-9(10-8)7(2)12;;;/h2*1-9H,13H2;3-5H,1-2H3;2*1H;/q;;;;;+2/p-2. The van der Waals surface area contributed by atoms with Crippen LogP contribution in [0.4, 0.5) is 11.4 Å². The zero-order chi connectivity index (χ0) is 27.3. The number of pyridine rings is 1. The minimum atomic E-state index is -0.127. The van der Waals surface area contributed by atoms with Gasteiger partial charge in [0.25, 0.3) is 0 Å². The molecule has 1 radical (unpaired) electrons. The van der Waals surface area contributed by atoms with E-state index in [1.54, 1.807) is 18.2 Å². The van der Waals surface area contributed by atoms with Crippen molar-refractivity contribution in [1.82, 2.24) is 4.98 Å². The van der Waals surface area contributed by atoms with E-state index in [0.29, 0.717) is 11.4 Å². The first-order chi connectivity index (χ1) is 18.4. The first kappa shape index (κ1) is 37.1. The summed E-state index contributed by atoms with van der Waals surface area (Å²) in [4.78, 5) is 25.6. The van der Waals surface area contributed by atoms with Gasteiger partial charge < -0.3 is 36.3 Å². The van der Waals surface area contributed by atoms with Crippen molar-refractivity contribution in [3.8, 4) is 22.3 Å². The zero-order valence-electron chi connectivity index (χ0n) is 22.6. The number of halogens is 2. The van der Waals surface area contributed by atoms with Crippen molar-refractivity contribution in [2.45, 2.75) is 13.8 Å². The Bertz CT molecular complexity index is 1390. The van der Waals surface area contributed by atoms with E-state index in [9.17, 15) is 9.59 Å². The molecule has 8 heteroatoms. The average molecular weight is 631 g/mol. The van der Waals surface area contributed by atoms with E-state index in [1.807, 2.05) is 84.9 Å². The number of hydrogen-bond donors (Lipinski definition) is 2. The van der Waals surface area contributed by atoms with Gasteiger partial charge in [-0.2, -0.15) is 0 Å². The molecule has 1 heterocycles. The van der Waals surface area contributed by atoms with Crippen molar-refractivity contribution in [1.29, 1.82) is 0 Å². The Labute approximate surface area is 264 Å². The minimum absolute atomic E-state index is 0. The fraction of sp³-hybridized carbons (Fsp3) is 0.0606. The minimum Gasteiger partial charge on any atom is -1.00 e. The second kappa shape index (κ2) is 19.2. The summed E-state index contributed by atoms with van der Waals surface area (Å²) in [5.41, 5.74) is 18.6. The van der Waals surface area contributed by atoms with Crippen molar-refractivity contribution < 1.29 is 51.2 Å². The molecule has 4 N–H and O–H groups in total. The van der Waals surface area contributed by atoms with Crippen molar-refractivity contribution in [2.75, 3.05) is 11.5 Å². The van der Waals surface area contributed by atoms with Crippen LogP contribution in [-0.4, -0.2) is 16.6 Å². The molecule has 0 saturated carbocycles. The van der Waals surface area contributed by atoms with Crippen molar-refractivity contribution in [3.63, 3.8) is 0 Å². The quantitative estimate of drug-likeness (QED) is 0.231. The molecule has 0 spiro atoms. The number of rotatable bonds is 4. The molecule has 0 aliphatic carbocycles. The molecule has 5 nitrogen and oxygen atoms in total. The molecular weight excluding hydrogens is 600 g/mol. The monoisotopic (exact) mass is 630 g/mol. The maximum Gasteiger partial charge on any atom is 2.00 e. The van der Waals surface area contributed by atoms with E-state index in [2.05, 4.69) is 29.2 Å². The number of nitrogens with zero attached hydrogens (tertiary/aromatic N) is 1. The number of nitrogen functional groups attached to an aromatic ring is 2. The molecule has 0 aliphatic rings. The third-order valence-corrected chi connectivity index (χ3v) is 5.56.